The van der Waals surface area contributed by atoms with E-state index in [1.54, 1.807) is 7.11 Å². The summed E-state index contributed by atoms with van der Waals surface area (Å²) in [6.07, 6.45) is 0. The van der Waals surface area contributed by atoms with Crippen molar-refractivity contribution in [1.29, 1.82) is 0 Å². The Labute approximate surface area is 98.0 Å². The van der Waals surface area contributed by atoms with Gasteiger partial charge >= 0.3 is 0 Å². The first-order valence-corrected chi connectivity index (χ1v) is 5.54. The van der Waals surface area contributed by atoms with E-state index in [1.165, 1.54) is 0 Å². The molecule has 3 heteroatoms. The summed E-state index contributed by atoms with van der Waals surface area (Å²) in [5.41, 5.74) is 7.68. The smallest absolute Gasteiger partial charge is 0.143 e. The molecule has 3 nitrogen and oxygen atoms in total. The van der Waals surface area contributed by atoms with Crippen molar-refractivity contribution < 1.29 is 4.74 Å². The lowest BCUT2D eigenvalue weighted by atomic mass is 9.88. The Kier molecular flexibility index (Phi) is 3.68. The van der Waals surface area contributed by atoms with Gasteiger partial charge in [0.15, 0.2) is 0 Å². The van der Waals surface area contributed by atoms with Crippen LogP contribution in [0.25, 0.3) is 0 Å². The van der Waals surface area contributed by atoms with Crippen LogP contribution in [0.1, 0.15) is 27.7 Å². The highest BCUT2D eigenvalue weighted by Crippen LogP contribution is 2.28. The maximum absolute atomic E-state index is 5.76. The zero-order chi connectivity index (χ0) is 12.3. The number of anilines is 2. The van der Waals surface area contributed by atoms with Crippen LogP contribution in [0, 0.1) is 5.41 Å². The van der Waals surface area contributed by atoms with Crippen LogP contribution in [-0.2, 0) is 0 Å². The lowest BCUT2D eigenvalue weighted by Gasteiger charge is -2.29. The number of benzene rings is 1. The first-order chi connectivity index (χ1) is 7.34. The Balaban J connectivity index is 2.82. The van der Waals surface area contributed by atoms with Crippen LogP contribution in [0.5, 0.6) is 5.75 Å². The highest BCUT2D eigenvalue weighted by atomic mass is 16.5. The number of hydrogen-bond donors (Lipinski definition) is 2. The van der Waals surface area contributed by atoms with E-state index in [0.717, 1.165) is 5.69 Å². The summed E-state index contributed by atoms with van der Waals surface area (Å²) in [6, 6.07) is 6.13. The van der Waals surface area contributed by atoms with Crippen molar-refractivity contribution in [3.8, 4) is 5.75 Å². The van der Waals surface area contributed by atoms with E-state index in [4.69, 9.17) is 10.5 Å². The minimum absolute atomic E-state index is 0.217. The van der Waals surface area contributed by atoms with Gasteiger partial charge in [0.25, 0.3) is 0 Å². The number of rotatable bonds is 3. The molecule has 0 heterocycles. The monoisotopic (exact) mass is 222 g/mol. The second-order valence-corrected chi connectivity index (χ2v) is 5.19. The molecule has 3 N–H and O–H groups in total. The summed E-state index contributed by atoms with van der Waals surface area (Å²) in [6.45, 7) is 8.79. The van der Waals surface area contributed by atoms with Crippen molar-refractivity contribution in [2.75, 3.05) is 18.2 Å². The molecule has 1 aromatic rings. The van der Waals surface area contributed by atoms with Crippen LogP contribution in [0.2, 0.25) is 0 Å². The number of nitrogens with one attached hydrogen (secondary N) is 1. The Bertz CT molecular complexity index is 355. The Morgan fingerprint density at radius 2 is 1.94 bits per heavy atom. The predicted molar refractivity (Wildman–Crippen MR) is 69.9 cm³/mol. The second-order valence-electron chi connectivity index (χ2n) is 5.19. The third kappa shape index (κ3) is 3.05. The average molecular weight is 222 g/mol. The fraction of sp³-hybridized carbons (Fsp3) is 0.538. The van der Waals surface area contributed by atoms with Gasteiger partial charge in [0.2, 0.25) is 0 Å². The number of methoxy groups -OCH3 is 1. The van der Waals surface area contributed by atoms with E-state index < -0.39 is 0 Å². The van der Waals surface area contributed by atoms with Crippen molar-refractivity contribution in [2.45, 2.75) is 33.7 Å². The largest absolute Gasteiger partial charge is 0.495 e. The summed E-state index contributed by atoms with van der Waals surface area (Å²) in [7, 11) is 1.63. The lowest BCUT2D eigenvalue weighted by molar-refractivity contribution is 0.359. The summed E-state index contributed by atoms with van der Waals surface area (Å²) < 4.78 is 5.19. The molecule has 0 radical (unpaired) electrons. The highest BCUT2D eigenvalue weighted by Gasteiger charge is 2.19. The summed E-state index contributed by atoms with van der Waals surface area (Å²) in [5, 5.41) is 3.45. The van der Waals surface area contributed by atoms with Gasteiger partial charge in [0, 0.05) is 17.8 Å². The second kappa shape index (κ2) is 4.64. The van der Waals surface area contributed by atoms with Gasteiger partial charge in [-0.25, -0.2) is 0 Å². The molecule has 0 aromatic heterocycles. The number of hydrogen-bond acceptors (Lipinski definition) is 3. The standard InChI is InChI=1S/C13H22N2O/c1-9(13(2,3)4)15-10-6-7-11(14)12(8-10)16-5/h6-9,15H,14H2,1-5H3. The molecule has 16 heavy (non-hydrogen) atoms. The van der Waals surface area contributed by atoms with E-state index in [9.17, 15) is 0 Å². The van der Waals surface area contributed by atoms with Gasteiger partial charge in [-0.15, -0.1) is 0 Å². The molecule has 0 spiro atoms. The van der Waals surface area contributed by atoms with E-state index in [0.29, 0.717) is 17.5 Å². The molecule has 90 valence electrons. The molecule has 0 aliphatic rings. The first kappa shape index (κ1) is 12.7. The van der Waals surface area contributed by atoms with Crippen molar-refractivity contribution in [2.24, 2.45) is 5.41 Å². The molecule has 1 aromatic carbocycles. The molecule has 0 aliphatic heterocycles. The first-order valence-electron chi connectivity index (χ1n) is 5.54. The maximum atomic E-state index is 5.76. The fourth-order valence-electron chi connectivity index (χ4n) is 1.27. The van der Waals surface area contributed by atoms with Crippen LogP contribution in [-0.4, -0.2) is 13.2 Å². The Hall–Kier alpha value is -1.38. The van der Waals surface area contributed by atoms with Crippen molar-refractivity contribution >= 4 is 11.4 Å². The number of ether oxygens (including phenoxy) is 1. The normalized spacial score (nSPS) is 13.3. The van der Waals surface area contributed by atoms with Crippen LogP contribution < -0.4 is 15.8 Å². The number of nitrogens with two attached hydrogens (primary N) is 1. The van der Waals surface area contributed by atoms with Gasteiger partial charge < -0.3 is 15.8 Å². The van der Waals surface area contributed by atoms with E-state index >= 15 is 0 Å². The molecule has 1 rings (SSSR count). The lowest BCUT2D eigenvalue weighted by Crippen LogP contribution is -2.30. The molecular formula is C13H22N2O. The third-order valence-electron chi connectivity index (χ3n) is 2.92. The van der Waals surface area contributed by atoms with E-state index in [-0.39, 0.29) is 5.41 Å². The van der Waals surface area contributed by atoms with Crippen molar-refractivity contribution in [3.05, 3.63) is 18.2 Å². The maximum Gasteiger partial charge on any atom is 0.143 e. The molecule has 0 saturated carbocycles. The highest BCUT2D eigenvalue weighted by molar-refractivity contribution is 5.61. The van der Waals surface area contributed by atoms with Crippen LogP contribution >= 0.6 is 0 Å². The zero-order valence-corrected chi connectivity index (χ0v) is 10.8. The zero-order valence-electron chi connectivity index (χ0n) is 10.8. The van der Waals surface area contributed by atoms with Gasteiger partial charge in [-0.1, -0.05) is 20.8 Å². The van der Waals surface area contributed by atoms with Gasteiger partial charge in [0.1, 0.15) is 5.75 Å². The number of nitrogen functional groups attached to an aromatic ring is 1. The minimum Gasteiger partial charge on any atom is -0.495 e. The third-order valence-corrected chi connectivity index (χ3v) is 2.92. The van der Waals surface area contributed by atoms with Gasteiger partial charge in [-0.05, 0) is 24.5 Å². The topological polar surface area (TPSA) is 47.3 Å². The Morgan fingerprint density at radius 1 is 1.31 bits per heavy atom. The van der Waals surface area contributed by atoms with Gasteiger partial charge in [-0.3, -0.25) is 0 Å². The fourth-order valence-corrected chi connectivity index (χ4v) is 1.27. The average Bonchev–Trinajstić information content (AvgIpc) is 2.19. The SMILES string of the molecule is COc1cc(NC(C)C(C)(C)C)ccc1N. The molecule has 1 unspecified atom stereocenters. The predicted octanol–water partition coefficient (Wildman–Crippen LogP) is 3.12. The molecule has 0 amide bonds. The van der Waals surface area contributed by atoms with E-state index in [2.05, 4.69) is 33.0 Å². The minimum atomic E-state index is 0.217. The molecule has 0 bridgehead atoms. The molecule has 0 aliphatic carbocycles. The van der Waals surface area contributed by atoms with Crippen molar-refractivity contribution in [3.63, 3.8) is 0 Å². The Morgan fingerprint density at radius 3 is 2.44 bits per heavy atom. The molecular weight excluding hydrogens is 200 g/mol. The van der Waals surface area contributed by atoms with Crippen LogP contribution in [0.4, 0.5) is 11.4 Å². The summed E-state index contributed by atoms with van der Waals surface area (Å²) >= 11 is 0. The van der Waals surface area contributed by atoms with Crippen LogP contribution in [0.15, 0.2) is 18.2 Å². The quantitative estimate of drug-likeness (QED) is 0.772. The van der Waals surface area contributed by atoms with Gasteiger partial charge in [-0.2, -0.15) is 0 Å². The molecule has 0 saturated heterocycles. The summed E-state index contributed by atoms with van der Waals surface area (Å²) in [4.78, 5) is 0. The van der Waals surface area contributed by atoms with Crippen molar-refractivity contribution in [1.82, 2.24) is 0 Å². The van der Waals surface area contributed by atoms with Gasteiger partial charge in [0.05, 0.1) is 12.8 Å². The summed E-state index contributed by atoms with van der Waals surface area (Å²) in [5.74, 6) is 0.714. The van der Waals surface area contributed by atoms with Crippen LogP contribution in [0.3, 0.4) is 0 Å². The molecule has 0 fully saturated rings. The molecule has 1 atom stereocenters. The van der Waals surface area contributed by atoms with E-state index in [1.807, 2.05) is 18.2 Å².